The average Bonchev–Trinajstić information content (AvgIpc) is 2.86. The van der Waals surface area contributed by atoms with Gasteiger partial charge in [-0.1, -0.05) is 0 Å². The molecule has 98 valence electrons. The fourth-order valence-corrected chi connectivity index (χ4v) is 3.13. The summed E-state index contributed by atoms with van der Waals surface area (Å²) in [4.78, 5) is 11.8. The third kappa shape index (κ3) is 2.42. The lowest BCUT2D eigenvalue weighted by Crippen LogP contribution is -2.49. The van der Waals surface area contributed by atoms with Crippen molar-refractivity contribution < 1.29 is 13.6 Å². The maximum absolute atomic E-state index is 12.9. The Bertz CT molecular complexity index is 309. The topological polar surface area (TPSA) is 81.1 Å². The highest BCUT2D eigenvalue weighted by Gasteiger charge is 2.49. The standard InChI is InChI=1S/C11H19F2N3O/c12-11(13,4-14)5-16-10(17)8-6-1-2-7(3-6)9(8)15/h6-9H,1-5,14-15H2,(H,16,17). The van der Waals surface area contributed by atoms with Crippen molar-refractivity contribution in [3.63, 3.8) is 0 Å². The number of hydrogen-bond donors (Lipinski definition) is 3. The molecule has 2 bridgehead atoms. The Hall–Kier alpha value is -0.750. The molecule has 0 aromatic heterocycles. The van der Waals surface area contributed by atoms with Crippen LogP contribution in [-0.4, -0.2) is 31.0 Å². The Balaban J connectivity index is 1.89. The molecule has 4 unspecified atom stereocenters. The predicted molar refractivity (Wildman–Crippen MR) is 59.3 cm³/mol. The van der Waals surface area contributed by atoms with E-state index in [0.29, 0.717) is 5.92 Å². The first-order valence-electron chi connectivity index (χ1n) is 6.06. The first kappa shape index (κ1) is 12.7. The molecule has 17 heavy (non-hydrogen) atoms. The number of nitrogens with one attached hydrogen (secondary N) is 1. The summed E-state index contributed by atoms with van der Waals surface area (Å²) in [6, 6.07) is -0.166. The quantitative estimate of drug-likeness (QED) is 0.657. The lowest BCUT2D eigenvalue weighted by molar-refractivity contribution is -0.128. The van der Waals surface area contributed by atoms with Gasteiger partial charge in [-0.25, -0.2) is 8.78 Å². The van der Waals surface area contributed by atoms with Gasteiger partial charge in [-0.15, -0.1) is 0 Å². The van der Waals surface area contributed by atoms with Gasteiger partial charge in [0.05, 0.1) is 19.0 Å². The van der Waals surface area contributed by atoms with Crippen LogP contribution in [0.15, 0.2) is 0 Å². The number of carbonyl (C=O) groups excluding carboxylic acids is 1. The smallest absolute Gasteiger partial charge is 0.277 e. The second kappa shape index (κ2) is 4.49. The van der Waals surface area contributed by atoms with Gasteiger partial charge in [0.1, 0.15) is 0 Å². The number of halogens is 2. The normalized spacial score (nSPS) is 36.2. The summed E-state index contributed by atoms with van der Waals surface area (Å²) in [5.41, 5.74) is 10.9. The van der Waals surface area contributed by atoms with E-state index in [1.807, 2.05) is 0 Å². The Morgan fingerprint density at radius 2 is 2.00 bits per heavy atom. The second-order valence-electron chi connectivity index (χ2n) is 5.21. The minimum atomic E-state index is -3.03. The summed E-state index contributed by atoms with van der Waals surface area (Å²) in [6.45, 7) is -1.45. The number of alkyl halides is 2. The second-order valence-corrected chi connectivity index (χ2v) is 5.21. The van der Waals surface area contributed by atoms with Gasteiger partial charge < -0.3 is 16.8 Å². The zero-order valence-corrected chi connectivity index (χ0v) is 9.66. The zero-order valence-electron chi connectivity index (χ0n) is 9.66. The van der Waals surface area contributed by atoms with Crippen LogP contribution in [0.25, 0.3) is 0 Å². The number of nitrogens with two attached hydrogens (primary N) is 2. The van der Waals surface area contributed by atoms with Gasteiger partial charge in [0.15, 0.2) is 0 Å². The fourth-order valence-electron chi connectivity index (χ4n) is 3.13. The van der Waals surface area contributed by atoms with E-state index in [-0.39, 0.29) is 23.8 Å². The lowest BCUT2D eigenvalue weighted by Gasteiger charge is -2.27. The molecule has 2 fully saturated rings. The summed E-state index contributed by atoms with van der Waals surface area (Å²) >= 11 is 0. The molecule has 2 saturated carbocycles. The Kier molecular flexibility index (Phi) is 3.36. The van der Waals surface area contributed by atoms with Crippen LogP contribution >= 0.6 is 0 Å². The van der Waals surface area contributed by atoms with E-state index in [2.05, 4.69) is 5.32 Å². The zero-order chi connectivity index (χ0) is 12.6. The molecule has 2 rings (SSSR count). The van der Waals surface area contributed by atoms with Crippen molar-refractivity contribution in [3.8, 4) is 0 Å². The van der Waals surface area contributed by atoms with Crippen molar-refractivity contribution in [2.75, 3.05) is 13.1 Å². The first-order valence-corrected chi connectivity index (χ1v) is 6.06. The third-order valence-electron chi connectivity index (χ3n) is 4.10. The van der Waals surface area contributed by atoms with Gasteiger partial charge in [-0.05, 0) is 31.1 Å². The lowest BCUT2D eigenvalue weighted by atomic mass is 9.84. The summed E-state index contributed by atoms with van der Waals surface area (Å²) in [5, 5.41) is 2.28. The Labute approximate surface area is 99.1 Å². The van der Waals surface area contributed by atoms with E-state index in [4.69, 9.17) is 11.5 Å². The van der Waals surface area contributed by atoms with Crippen molar-refractivity contribution in [1.82, 2.24) is 5.32 Å². The number of hydrogen-bond acceptors (Lipinski definition) is 3. The van der Waals surface area contributed by atoms with Crippen LogP contribution in [0.1, 0.15) is 19.3 Å². The van der Waals surface area contributed by atoms with Crippen LogP contribution in [0.5, 0.6) is 0 Å². The Morgan fingerprint density at radius 1 is 1.35 bits per heavy atom. The largest absolute Gasteiger partial charge is 0.350 e. The van der Waals surface area contributed by atoms with Gasteiger partial charge >= 0.3 is 0 Å². The number of carbonyl (C=O) groups is 1. The molecule has 2 aliphatic carbocycles. The molecule has 2 aliphatic rings. The van der Waals surface area contributed by atoms with Crippen molar-refractivity contribution in [1.29, 1.82) is 0 Å². The molecule has 6 heteroatoms. The number of rotatable bonds is 4. The molecule has 5 N–H and O–H groups in total. The first-order chi connectivity index (χ1) is 7.94. The summed E-state index contributed by atoms with van der Waals surface area (Å²) in [7, 11) is 0. The maximum atomic E-state index is 12.9. The van der Waals surface area contributed by atoms with Crippen LogP contribution in [0.2, 0.25) is 0 Å². The minimum Gasteiger partial charge on any atom is -0.350 e. The van der Waals surface area contributed by atoms with Crippen LogP contribution in [0.4, 0.5) is 8.78 Å². The minimum absolute atomic E-state index is 0.166. The molecule has 4 atom stereocenters. The van der Waals surface area contributed by atoms with Gasteiger partial charge in [-0.2, -0.15) is 0 Å². The summed E-state index contributed by atoms with van der Waals surface area (Å²) in [5.74, 6) is -2.98. The van der Waals surface area contributed by atoms with Crippen molar-refractivity contribution >= 4 is 5.91 Å². The molecule has 0 saturated heterocycles. The van der Waals surface area contributed by atoms with E-state index in [1.165, 1.54) is 0 Å². The van der Waals surface area contributed by atoms with Crippen molar-refractivity contribution in [3.05, 3.63) is 0 Å². The van der Waals surface area contributed by atoms with E-state index in [9.17, 15) is 13.6 Å². The molecule has 1 amide bonds. The number of fused-ring (bicyclic) bond motifs is 2. The van der Waals surface area contributed by atoms with Crippen molar-refractivity contribution in [2.45, 2.75) is 31.2 Å². The molecular formula is C11H19F2N3O. The molecular weight excluding hydrogens is 228 g/mol. The highest BCUT2D eigenvalue weighted by molar-refractivity contribution is 5.80. The molecule has 0 aliphatic heterocycles. The number of amides is 1. The predicted octanol–water partition coefficient (Wildman–Crippen LogP) is 0.0700. The van der Waals surface area contributed by atoms with Gasteiger partial charge in [0, 0.05) is 6.04 Å². The molecule has 0 aromatic rings. The molecule has 0 heterocycles. The highest BCUT2D eigenvalue weighted by Crippen LogP contribution is 2.47. The molecule has 0 aromatic carbocycles. The average molecular weight is 247 g/mol. The van der Waals surface area contributed by atoms with E-state index < -0.39 is 19.0 Å². The Morgan fingerprint density at radius 3 is 2.53 bits per heavy atom. The van der Waals surface area contributed by atoms with E-state index in [0.717, 1.165) is 19.3 Å². The highest BCUT2D eigenvalue weighted by atomic mass is 19.3. The molecule has 0 spiro atoms. The fraction of sp³-hybridized carbons (Fsp3) is 0.909. The van der Waals surface area contributed by atoms with E-state index in [1.54, 1.807) is 0 Å². The molecule has 4 nitrogen and oxygen atoms in total. The van der Waals surface area contributed by atoms with Crippen LogP contribution in [-0.2, 0) is 4.79 Å². The van der Waals surface area contributed by atoms with Gasteiger partial charge in [0.25, 0.3) is 5.92 Å². The third-order valence-corrected chi connectivity index (χ3v) is 4.10. The van der Waals surface area contributed by atoms with Crippen LogP contribution in [0, 0.1) is 17.8 Å². The van der Waals surface area contributed by atoms with E-state index >= 15 is 0 Å². The van der Waals surface area contributed by atoms with Crippen molar-refractivity contribution in [2.24, 2.45) is 29.2 Å². The van der Waals surface area contributed by atoms with Gasteiger partial charge in [-0.3, -0.25) is 4.79 Å². The molecule has 0 radical (unpaired) electrons. The monoisotopic (exact) mass is 247 g/mol. The van der Waals surface area contributed by atoms with Crippen LogP contribution < -0.4 is 16.8 Å². The SMILES string of the molecule is NCC(F)(F)CNC(=O)C1C2CCC(C2)C1N. The van der Waals surface area contributed by atoms with Gasteiger partial charge in [0.2, 0.25) is 5.91 Å². The summed E-state index contributed by atoms with van der Waals surface area (Å²) in [6.07, 6.45) is 3.02. The van der Waals surface area contributed by atoms with Crippen LogP contribution in [0.3, 0.4) is 0 Å². The summed E-state index contributed by atoms with van der Waals surface area (Å²) < 4.78 is 25.8. The maximum Gasteiger partial charge on any atom is 0.277 e.